The zero-order valence-corrected chi connectivity index (χ0v) is 11.4. The average Bonchev–Trinajstić information content (AvgIpc) is 2.86. The second kappa shape index (κ2) is 6.69. The van der Waals surface area contributed by atoms with E-state index < -0.39 is 18.0 Å². The van der Waals surface area contributed by atoms with Crippen LogP contribution in [-0.2, 0) is 19.2 Å². The van der Waals surface area contributed by atoms with Gasteiger partial charge in [0.15, 0.2) is 5.13 Å². The smallest absolute Gasteiger partial charge is 0.360 e. The Morgan fingerprint density at radius 2 is 2.26 bits per heavy atom. The number of carbonyl (C=O) groups excluding carboxylic acids is 1. The first kappa shape index (κ1) is 14.9. The number of methoxy groups -OCH3 is 1. The van der Waals surface area contributed by atoms with E-state index in [-0.39, 0.29) is 11.4 Å². The van der Waals surface area contributed by atoms with Crippen LogP contribution in [0.3, 0.4) is 0 Å². The third-order valence-electron chi connectivity index (χ3n) is 2.00. The summed E-state index contributed by atoms with van der Waals surface area (Å²) >= 11 is 1.23. The number of hydrogen-bond acceptors (Lipinski definition) is 8. The summed E-state index contributed by atoms with van der Waals surface area (Å²) in [6, 6.07) is 0. The number of esters is 1. The number of ether oxygens (including phenoxy) is 1. The van der Waals surface area contributed by atoms with E-state index in [4.69, 9.17) is 9.94 Å². The molecule has 1 unspecified atom stereocenters. The molecule has 1 atom stereocenters. The SMILES string of the molecule is CNc1nc(/C(=N/OC(C)C(=O)OC)C(=O)O)cs1. The van der Waals surface area contributed by atoms with Gasteiger partial charge < -0.3 is 20.0 Å². The lowest BCUT2D eigenvalue weighted by molar-refractivity contribution is -0.153. The maximum Gasteiger partial charge on any atom is 0.360 e. The molecule has 0 amide bonds. The molecule has 0 aliphatic rings. The van der Waals surface area contributed by atoms with Crippen LogP contribution >= 0.6 is 11.3 Å². The molecule has 0 radical (unpaired) electrons. The van der Waals surface area contributed by atoms with Crippen LogP contribution in [0.1, 0.15) is 12.6 Å². The van der Waals surface area contributed by atoms with Gasteiger partial charge in [-0.1, -0.05) is 5.16 Å². The minimum Gasteiger partial charge on any atom is -0.476 e. The maximum absolute atomic E-state index is 11.1. The first-order valence-electron chi connectivity index (χ1n) is 5.18. The van der Waals surface area contributed by atoms with Gasteiger partial charge in [0.05, 0.1) is 7.11 Å². The van der Waals surface area contributed by atoms with E-state index in [1.807, 2.05) is 0 Å². The molecule has 0 aliphatic carbocycles. The molecule has 1 rings (SSSR count). The predicted octanol–water partition coefficient (Wildman–Crippen LogP) is 0.552. The van der Waals surface area contributed by atoms with Gasteiger partial charge >= 0.3 is 11.9 Å². The van der Waals surface area contributed by atoms with E-state index in [9.17, 15) is 9.59 Å². The molecule has 0 fully saturated rings. The first-order valence-corrected chi connectivity index (χ1v) is 6.06. The van der Waals surface area contributed by atoms with Gasteiger partial charge in [0.1, 0.15) is 5.69 Å². The highest BCUT2D eigenvalue weighted by Crippen LogP contribution is 2.15. The highest BCUT2D eigenvalue weighted by Gasteiger charge is 2.20. The number of hydrogen-bond donors (Lipinski definition) is 2. The average molecular weight is 287 g/mol. The highest BCUT2D eigenvalue weighted by molar-refractivity contribution is 7.14. The Morgan fingerprint density at radius 1 is 1.58 bits per heavy atom. The molecule has 8 nitrogen and oxygen atoms in total. The fourth-order valence-electron chi connectivity index (χ4n) is 1.03. The van der Waals surface area contributed by atoms with Crippen LogP contribution in [0.4, 0.5) is 5.13 Å². The van der Waals surface area contributed by atoms with Gasteiger partial charge in [-0.15, -0.1) is 11.3 Å². The minimum absolute atomic E-state index is 0.152. The Balaban J connectivity index is 2.89. The zero-order chi connectivity index (χ0) is 14.4. The lowest BCUT2D eigenvalue weighted by Crippen LogP contribution is -2.22. The fraction of sp³-hybridized carbons (Fsp3) is 0.400. The maximum atomic E-state index is 11.1. The number of carbonyl (C=O) groups is 2. The third-order valence-corrected chi connectivity index (χ3v) is 2.86. The Kier molecular flexibility index (Phi) is 5.24. The van der Waals surface area contributed by atoms with Gasteiger partial charge in [-0.3, -0.25) is 0 Å². The fourth-order valence-corrected chi connectivity index (χ4v) is 1.69. The van der Waals surface area contributed by atoms with Crippen molar-refractivity contribution >= 4 is 34.1 Å². The summed E-state index contributed by atoms with van der Waals surface area (Å²) in [5.41, 5.74) is -0.229. The summed E-state index contributed by atoms with van der Waals surface area (Å²) in [4.78, 5) is 30.9. The van der Waals surface area contributed by atoms with Crippen molar-refractivity contribution in [1.82, 2.24) is 4.98 Å². The standard InChI is InChI=1S/C10H13N3O5S/c1-5(9(16)17-3)18-13-7(8(14)15)6-4-19-10(11-2)12-6/h4-5H,1-3H3,(H,11,12)(H,14,15)/b13-7-. The van der Waals surface area contributed by atoms with Crippen LogP contribution in [0.25, 0.3) is 0 Å². The van der Waals surface area contributed by atoms with E-state index in [1.54, 1.807) is 7.05 Å². The number of nitrogens with one attached hydrogen (secondary N) is 1. The summed E-state index contributed by atoms with van der Waals surface area (Å²) in [5, 5.41) is 17.3. The summed E-state index contributed by atoms with van der Waals surface area (Å²) < 4.78 is 4.43. The number of anilines is 1. The zero-order valence-electron chi connectivity index (χ0n) is 10.5. The largest absolute Gasteiger partial charge is 0.476 e. The van der Waals surface area contributed by atoms with Crippen molar-refractivity contribution in [3.63, 3.8) is 0 Å². The van der Waals surface area contributed by atoms with E-state index in [0.29, 0.717) is 5.13 Å². The van der Waals surface area contributed by atoms with E-state index in [0.717, 1.165) is 0 Å². The number of thiazole rings is 1. The number of aromatic nitrogens is 1. The van der Waals surface area contributed by atoms with Crippen LogP contribution in [0.5, 0.6) is 0 Å². The molecular formula is C10H13N3O5S. The van der Waals surface area contributed by atoms with Crippen molar-refractivity contribution in [1.29, 1.82) is 0 Å². The molecule has 0 saturated heterocycles. The molecule has 2 N–H and O–H groups in total. The quantitative estimate of drug-likeness (QED) is 0.446. The molecule has 1 heterocycles. The van der Waals surface area contributed by atoms with Gasteiger partial charge in [-0.25, -0.2) is 14.6 Å². The molecule has 9 heteroatoms. The Morgan fingerprint density at radius 3 is 2.74 bits per heavy atom. The van der Waals surface area contributed by atoms with Gasteiger partial charge in [-0.2, -0.15) is 0 Å². The van der Waals surface area contributed by atoms with Crippen molar-refractivity contribution in [2.24, 2.45) is 5.16 Å². The number of rotatable bonds is 6. The van der Waals surface area contributed by atoms with Gasteiger partial charge in [-0.05, 0) is 6.92 Å². The normalized spacial score (nSPS) is 12.7. The monoisotopic (exact) mass is 287 g/mol. The molecule has 0 spiro atoms. The second-order valence-corrected chi connectivity index (χ2v) is 4.16. The van der Waals surface area contributed by atoms with Crippen LogP contribution in [-0.4, -0.2) is 48.0 Å². The topological polar surface area (TPSA) is 110 Å². The van der Waals surface area contributed by atoms with Crippen LogP contribution in [0.15, 0.2) is 10.5 Å². The van der Waals surface area contributed by atoms with Crippen LogP contribution < -0.4 is 5.32 Å². The summed E-state index contributed by atoms with van der Waals surface area (Å²) in [7, 11) is 2.86. The van der Waals surface area contributed by atoms with E-state index in [2.05, 4.69) is 20.2 Å². The number of carboxylic acid groups (broad SMARTS) is 1. The van der Waals surface area contributed by atoms with E-state index in [1.165, 1.54) is 30.8 Å². The van der Waals surface area contributed by atoms with Crippen molar-refractivity contribution in [2.45, 2.75) is 13.0 Å². The Bertz CT molecular complexity index is 499. The van der Waals surface area contributed by atoms with Gasteiger partial charge in [0.25, 0.3) is 0 Å². The summed E-state index contributed by atoms with van der Waals surface area (Å²) in [6.07, 6.45) is -0.998. The summed E-state index contributed by atoms with van der Waals surface area (Å²) in [5.74, 6) is -1.95. The summed E-state index contributed by atoms with van der Waals surface area (Å²) in [6.45, 7) is 1.40. The predicted molar refractivity (Wildman–Crippen MR) is 68.4 cm³/mol. The van der Waals surface area contributed by atoms with Crippen LogP contribution in [0, 0.1) is 0 Å². The molecule has 104 valence electrons. The lowest BCUT2D eigenvalue weighted by Gasteiger charge is -2.07. The minimum atomic E-state index is -1.30. The van der Waals surface area contributed by atoms with Crippen molar-refractivity contribution in [3.8, 4) is 0 Å². The van der Waals surface area contributed by atoms with E-state index >= 15 is 0 Å². The highest BCUT2D eigenvalue weighted by atomic mass is 32.1. The Hall–Kier alpha value is -2.16. The number of nitrogens with zero attached hydrogens (tertiary/aromatic N) is 2. The lowest BCUT2D eigenvalue weighted by atomic mass is 10.3. The van der Waals surface area contributed by atoms with Crippen molar-refractivity contribution in [3.05, 3.63) is 11.1 Å². The Labute approximate surface area is 113 Å². The third kappa shape index (κ3) is 3.91. The van der Waals surface area contributed by atoms with Crippen LogP contribution in [0.2, 0.25) is 0 Å². The molecule has 1 aromatic rings. The molecule has 0 bridgehead atoms. The van der Waals surface area contributed by atoms with Crippen molar-refractivity contribution in [2.75, 3.05) is 19.5 Å². The number of oxime groups is 1. The number of aliphatic carboxylic acids is 1. The molecule has 0 aromatic carbocycles. The molecule has 1 aromatic heterocycles. The van der Waals surface area contributed by atoms with Crippen molar-refractivity contribution < 1.29 is 24.3 Å². The van der Waals surface area contributed by atoms with Gasteiger partial charge in [0, 0.05) is 12.4 Å². The van der Waals surface area contributed by atoms with Gasteiger partial charge in [0.2, 0.25) is 11.8 Å². The molecular weight excluding hydrogens is 274 g/mol. The second-order valence-electron chi connectivity index (χ2n) is 3.30. The number of carboxylic acids is 1. The molecule has 0 saturated carbocycles. The first-order chi connectivity index (χ1) is 8.99. The molecule has 0 aliphatic heterocycles. The molecule has 19 heavy (non-hydrogen) atoms.